The highest BCUT2D eigenvalue weighted by Gasteiger charge is 2.25. The van der Waals surface area contributed by atoms with E-state index in [9.17, 15) is 18.0 Å². The van der Waals surface area contributed by atoms with E-state index in [4.69, 9.17) is 0 Å². The van der Waals surface area contributed by atoms with E-state index < -0.39 is 9.84 Å². The Bertz CT molecular complexity index is 1540. The van der Waals surface area contributed by atoms with E-state index in [1.54, 1.807) is 48.6 Å². The molecule has 4 rings (SSSR count). The highest BCUT2D eigenvalue weighted by molar-refractivity contribution is 7.91. The van der Waals surface area contributed by atoms with Crippen LogP contribution in [0.1, 0.15) is 22.3 Å². The normalized spacial score (nSPS) is 10.9. The first kappa shape index (κ1) is 27.3. The van der Waals surface area contributed by atoms with Crippen molar-refractivity contribution >= 4 is 45.2 Å². The van der Waals surface area contributed by atoms with Crippen molar-refractivity contribution in [1.29, 1.82) is 0 Å². The van der Waals surface area contributed by atoms with Crippen molar-refractivity contribution in [2.24, 2.45) is 0 Å². The molecule has 4 aromatic carbocycles. The van der Waals surface area contributed by atoms with Crippen LogP contribution < -0.4 is 10.6 Å². The van der Waals surface area contributed by atoms with Gasteiger partial charge in [-0.05, 0) is 46.5 Å². The van der Waals surface area contributed by atoms with Crippen LogP contribution in [0.3, 0.4) is 0 Å². The minimum Gasteiger partial charge on any atom is -0.325 e. The molecule has 0 saturated carbocycles. The average Bonchev–Trinajstić information content (AvgIpc) is 2.93. The molecule has 0 bridgehead atoms. The van der Waals surface area contributed by atoms with Gasteiger partial charge in [0.25, 0.3) is 0 Å². The minimum absolute atomic E-state index is 0.0652. The first-order chi connectivity index (χ1) is 18.8. The fourth-order valence-corrected chi connectivity index (χ4v) is 5.72. The third kappa shape index (κ3) is 6.77. The molecule has 196 valence electrons. The van der Waals surface area contributed by atoms with Crippen molar-refractivity contribution in [2.45, 2.75) is 22.6 Å². The predicted molar refractivity (Wildman–Crippen MR) is 156 cm³/mol. The van der Waals surface area contributed by atoms with Gasteiger partial charge < -0.3 is 10.6 Å². The van der Waals surface area contributed by atoms with Crippen molar-refractivity contribution in [3.8, 4) is 0 Å². The second kappa shape index (κ2) is 12.2. The molecule has 0 aromatic heterocycles. The number of anilines is 2. The first-order valence-electron chi connectivity index (χ1n) is 12.3. The number of hydrogen-bond donors (Lipinski definition) is 2. The van der Waals surface area contributed by atoms with Crippen LogP contribution in [0.4, 0.5) is 11.4 Å². The lowest BCUT2D eigenvalue weighted by molar-refractivity contribution is -0.116. The van der Waals surface area contributed by atoms with Gasteiger partial charge in [0.05, 0.1) is 34.0 Å². The number of rotatable bonds is 10. The molecule has 39 heavy (non-hydrogen) atoms. The van der Waals surface area contributed by atoms with Gasteiger partial charge in [0.2, 0.25) is 21.7 Å². The van der Waals surface area contributed by atoms with Gasteiger partial charge in [0.1, 0.15) is 0 Å². The molecule has 2 amide bonds. The molecule has 0 heterocycles. The molecule has 0 aliphatic rings. The maximum Gasteiger partial charge on any atom is 0.228 e. The Morgan fingerprint density at radius 1 is 0.615 bits per heavy atom. The zero-order valence-corrected chi connectivity index (χ0v) is 22.1. The van der Waals surface area contributed by atoms with E-state index in [0.29, 0.717) is 0 Å². The Morgan fingerprint density at radius 2 is 1.03 bits per heavy atom. The van der Waals surface area contributed by atoms with Crippen LogP contribution in [0.15, 0.2) is 120 Å². The zero-order chi connectivity index (χ0) is 27.8. The van der Waals surface area contributed by atoms with Crippen LogP contribution in [-0.4, -0.2) is 20.2 Å². The predicted octanol–water partition coefficient (Wildman–Crippen LogP) is 6.17. The summed E-state index contributed by atoms with van der Waals surface area (Å²) in [5.41, 5.74) is 3.63. The van der Waals surface area contributed by atoms with Gasteiger partial charge in [-0.25, -0.2) is 8.42 Å². The van der Waals surface area contributed by atoms with Crippen molar-refractivity contribution in [3.63, 3.8) is 0 Å². The third-order valence-corrected chi connectivity index (χ3v) is 7.87. The summed E-state index contributed by atoms with van der Waals surface area (Å²) >= 11 is 0. The number of carbonyl (C=O) groups excluding carboxylic acids is 2. The number of sulfone groups is 1. The molecule has 0 atom stereocenters. The summed E-state index contributed by atoms with van der Waals surface area (Å²) in [5, 5.41) is 5.47. The zero-order valence-electron chi connectivity index (χ0n) is 21.3. The molecule has 0 fully saturated rings. The highest BCUT2D eigenvalue weighted by atomic mass is 32.2. The first-order valence-corrected chi connectivity index (χ1v) is 13.7. The van der Waals surface area contributed by atoms with E-state index in [2.05, 4.69) is 23.8 Å². The van der Waals surface area contributed by atoms with Crippen LogP contribution >= 0.6 is 0 Å². The maximum absolute atomic E-state index is 13.8. The van der Waals surface area contributed by atoms with Gasteiger partial charge in [-0.1, -0.05) is 98.1 Å². The smallest absolute Gasteiger partial charge is 0.228 e. The molecule has 2 N–H and O–H groups in total. The summed E-state index contributed by atoms with van der Waals surface area (Å²) in [6.07, 6.45) is 3.52. The summed E-state index contributed by atoms with van der Waals surface area (Å²) < 4.78 is 27.6. The SMILES string of the molecule is C=Cc1cccc(CC(=O)Nc2ccccc2S(=O)(=O)c2ccccc2NC(=O)Cc2cccc(C=C)c2)c1. The topological polar surface area (TPSA) is 92.3 Å². The molecule has 0 radical (unpaired) electrons. The lowest BCUT2D eigenvalue weighted by Crippen LogP contribution is -2.19. The fourth-order valence-electron chi connectivity index (χ4n) is 4.15. The Kier molecular flexibility index (Phi) is 8.53. The van der Waals surface area contributed by atoms with Gasteiger partial charge in [0, 0.05) is 0 Å². The maximum atomic E-state index is 13.8. The standard InChI is InChI=1S/C32H28N2O4S/c1-3-23-11-9-13-25(19-23)21-31(35)33-27-15-5-7-17-29(27)39(37,38)30-18-8-6-16-28(30)34-32(36)22-26-14-10-12-24(4-2)20-26/h3-20H,1-2,21-22H2,(H,33,35)(H,34,36). The number of amides is 2. The molecule has 0 aliphatic heterocycles. The van der Waals surface area contributed by atoms with E-state index in [1.165, 1.54) is 12.1 Å². The summed E-state index contributed by atoms with van der Waals surface area (Å²) in [6, 6.07) is 27.2. The minimum atomic E-state index is -4.11. The Balaban J connectivity index is 1.57. The van der Waals surface area contributed by atoms with E-state index in [1.807, 2.05) is 48.5 Å². The molecule has 0 saturated heterocycles. The Labute approximate surface area is 228 Å². The second-order valence-corrected chi connectivity index (χ2v) is 10.7. The third-order valence-electron chi connectivity index (χ3n) is 6.00. The number of benzene rings is 4. The average molecular weight is 537 g/mol. The van der Waals surface area contributed by atoms with Gasteiger partial charge in [-0.2, -0.15) is 0 Å². The summed E-state index contributed by atoms with van der Waals surface area (Å²) in [5.74, 6) is -0.718. The van der Waals surface area contributed by atoms with Crippen LogP contribution in [-0.2, 0) is 32.3 Å². The number of nitrogens with one attached hydrogen (secondary N) is 2. The molecule has 7 heteroatoms. The van der Waals surface area contributed by atoms with E-state index in [0.717, 1.165) is 22.3 Å². The van der Waals surface area contributed by atoms with Crippen molar-refractivity contribution < 1.29 is 18.0 Å². The fraction of sp³-hybridized carbons (Fsp3) is 0.0625. The lowest BCUT2D eigenvalue weighted by Gasteiger charge is -2.15. The van der Waals surface area contributed by atoms with Crippen molar-refractivity contribution in [2.75, 3.05) is 10.6 Å². The van der Waals surface area contributed by atoms with Gasteiger partial charge >= 0.3 is 0 Å². The monoisotopic (exact) mass is 536 g/mol. The second-order valence-electron chi connectivity index (χ2n) is 8.84. The molecule has 0 spiro atoms. The van der Waals surface area contributed by atoms with Crippen molar-refractivity contribution in [3.05, 3.63) is 132 Å². The van der Waals surface area contributed by atoms with Crippen LogP contribution in [0, 0.1) is 0 Å². The van der Waals surface area contributed by atoms with E-state index >= 15 is 0 Å². The van der Waals surface area contributed by atoms with E-state index in [-0.39, 0.29) is 45.8 Å². The summed E-state index contributed by atoms with van der Waals surface area (Å²) in [6.45, 7) is 7.48. The largest absolute Gasteiger partial charge is 0.325 e. The number of hydrogen-bond acceptors (Lipinski definition) is 4. The van der Waals surface area contributed by atoms with Crippen LogP contribution in [0.2, 0.25) is 0 Å². The Morgan fingerprint density at radius 3 is 1.44 bits per heavy atom. The van der Waals surface area contributed by atoms with Crippen LogP contribution in [0.25, 0.3) is 12.2 Å². The lowest BCUT2D eigenvalue weighted by atomic mass is 10.1. The van der Waals surface area contributed by atoms with Gasteiger partial charge in [-0.15, -0.1) is 0 Å². The summed E-state index contributed by atoms with van der Waals surface area (Å²) in [7, 11) is -4.11. The van der Waals surface area contributed by atoms with Crippen molar-refractivity contribution in [1.82, 2.24) is 0 Å². The molecular formula is C32H28N2O4S. The quantitative estimate of drug-likeness (QED) is 0.254. The number of para-hydroxylation sites is 2. The highest BCUT2D eigenvalue weighted by Crippen LogP contribution is 2.32. The molecule has 0 aliphatic carbocycles. The molecule has 6 nitrogen and oxygen atoms in total. The van der Waals surface area contributed by atoms with Crippen LogP contribution in [0.5, 0.6) is 0 Å². The number of carbonyl (C=O) groups is 2. The summed E-state index contributed by atoms with van der Waals surface area (Å²) in [4.78, 5) is 25.5. The molecule has 4 aromatic rings. The van der Waals surface area contributed by atoms with Gasteiger partial charge in [0.15, 0.2) is 0 Å². The molecule has 0 unspecified atom stereocenters. The Hall–Kier alpha value is -4.75. The molecular weight excluding hydrogens is 508 g/mol. The van der Waals surface area contributed by atoms with Gasteiger partial charge in [-0.3, -0.25) is 9.59 Å².